The van der Waals surface area contributed by atoms with E-state index >= 15 is 0 Å². The summed E-state index contributed by atoms with van der Waals surface area (Å²) in [4.78, 5) is 37.2. The number of carbonyl (C=O) groups is 3. The summed E-state index contributed by atoms with van der Waals surface area (Å²) in [6.07, 6.45) is 3.36. The molecule has 0 saturated carbocycles. The van der Waals surface area contributed by atoms with Gasteiger partial charge in [0.25, 0.3) is 0 Å². The molecule has 1 atom stereocenters. The predicted octanol–water partition coefficient (Wildman–Crippen LogP) is 7.27. The Kier molecular flexibility index (Phi) is 11.9. The van der Waals surface area contributed by atoms with Crippen molar-refractivity contribution < 1.29 is 29.0 Å². The van der Waals surface area contributed by atoms with Gasteiger partial charge >= 0.3 is 11.9 Å². The first-order chi connectivity index (χ1) is 21.4. The molecule has 44 heavy (non-hydrogen) atoms. The van der Waals surface area contributed by atoms with Gasteiger partial charge in [-0.2, -0.15) is 0 Å². The van der Waals surface area contributed by atoms with Gasteiger partial charge in [-0.1, -0.05) is 67.9 Å². The Hall–Kier alpha value is -5.11. The van der Waals surface area contributed by atoms with Gasteiger partial charge in [0.1, 0.15) is 11.8 Å². The average molecular weight is 595 g/mol. The van der Waals surface area contributed by atoms with Crippen molar-refractivity contribution in [3.63, 3.8) is 0 Å². The number of unbranched alkanes of at least 4 members (excludes halogenated alkanes) is 1. The van der Waals surface area contributed by atoms with Gasteiger partial charge in [0.2, 0.25) is 0 Å². The second-order valence-corrected chi connectivity index (χ2v) is 10.3. The number of ether oxygens (including phenoxy) is 2. The van der Waals surface area contributed by atoms with Crippen LogP contribution in [0.25, 0.3) is 0 Å². The zero-order valence-corrected chi connectivity index (χ0v) is 24.8. The number of carbonyl (C=O) groups excluding carboxylic acids is 2. The lowest BCUT2D eigenvalue weighted by molar-refractivity contribution is -0.137. The number of nitrogens with one attached hydrogen (secondary N) is 2. The number of carboxylic acids is 1. The number of benzene rings is 4. The smallest absolute Gasteiger partial charge is 0.343 e. The minimum atomic E-state index is -1.03. The fourth-order valence-corrected chi connectivity index (χ4v) is 4.59. The van der Waals surface area contributed by atoms with Crippen LogP contribution in [0.4, 0.5) is 11.4 Å². The second-order valence-electron chi connectivity index (χ2n) is 10.3. The van der Waals surface area contributed by atoms with Gasteiger partial charge in [-0.25, -0.2) is 9.59 Å². The molecule has 3 N–H and O–H groups in total. The van der Waals surface area contributed by atoms with Crippen LogP contribution in [-0.2, 0) is 11.2 Å². The van der Waals surface area contributed by atoms with Crippen molar-refractivity contribution in [3.05, 3.63) is 120 Å². The number of hydrogen-bond acceptors (Lipinski definition) is 7. The number of carboxylic acid groups (broad SMARTS) is 1. The Morgan fingerprint density at radius 2 is 1.48 bits per heavy atom. The number of ketones is 1. The molecule has 8 nitrogen and oxygen atoms in total. The average Bonchev–Trinajstić information content (AvgIpc) is 3.05. The highest BCUT2D eigenvalue weighted by molar-refractivity contribution is 6.01. The lowest BCUT2D eigenvalue weighted by Gasteiger charge is -2.18. The SMILES string of the molecule is CCCCC(=O)c1ccccc1NCCCOc1ccc(CC(Nc2ccccc2OC(=O)c2ccccc2)C(=O)O)cc1. The minimum Gasteiger partial charge on any atom is -0.494 e. The van der Waals surface area contributed by atoms with E-state index in [1.54, 1.807) is 48.5 Å². The Balaban J connectivity index is 1.27. The van der Waals surface area contributed by atoms with Gasteiger partial charge in [-0.05, 0) is 66.9 Å². The molecule has 0 spiro atoms. The molecule has 0 amide bonds. The fourth-order valence-electron chi connectivity index (χ4n) is 4.59. The maximum absolute atomic E-state index is 12.6. The fraction of sp³-hybridized carbons (Fsp3) is 0.250. The largest absolute Gasteiger partial charge is 0.494 e. The molecular weight excluding hydrogens is 556 g/mol. The lowest BCUT2D eigenvalue weighted by Crippen LogP contribution is -2.31. The van der Waals surface area contributed by atoms with E-state index in [1.807, 2.05) is 54.6 Å². The van der Waals surface area contributed by atoms with Gasteiger partial charge in [-0.15, -0.1) is 0 Å². The molecule has 228 valence electrons. The van der Waals surface area contributed by atoms with Crippen molar-refractivity contribution in [2.24, 2.45) is 0 Å². The van der Waals surface area contributed by atoms with E-state index in [2.05, 4.69) is 17.6 Å². The zero-order chi connectivity index (χ0) is 31.1. The number of rotatable bonds is 17. The standard InChI is InChI=1S/C36H38N2O6/c1-2-3-17-33(39)29-14-7-8-15-30(29)37-23-11-24-43-28-21-19-26(20-22-28)25-32(35(40)41)38-31-16-9-10-18-34(31)44-36(42)27-12-5-4-6-13-27/h4-10,12-16,18-22,32,37-38H,2-3,11,17,23-25H2,1H3,(H,40,41). The first-order valence-electron chi connectivity index (χ1n) is 14.9. The summed E-state index contributed by atoms with van der Waals surface area (Å²) in [5.41, 5.74) is 3.18. The molecule has 0 aliphatic heterocycles. The Labute approximate surface area is 258 Å². The van der Waals surface area contributed by atoms with Crippen LogP contribution >= 0.6 is 0 Å². The van der Waals surface area contributed by atoms with E-state index in [0.717, 1.165) is 36.1 Å². The van der Waals surface area contributed by atoms with Crippen LogP contribution in [0.3, 0.4) is 0 Å². The van der Waals surface area contributed by atoms with E-state index < -0.39 is 18.0 Å². The van der Waals surface area contributed by atoms with Crippen LogP contribution in [0.2, 0.25) is 0 Å². The Morgan fingerprint density at radius 3 is 2.20 bits per heavy atom. The minimum absolute atomic E-state index is 0.155. The van der Waals surface area contributed by atoms with E-state index in [1.165, 1.54) is 0 Å². The molecule has 0 fully saturated rings. The van der Waals surface area contributed by atoms with Crippen molar-refractivity contribution in [3.8, 4) is 11.5 Å². The molecular formula is C36H38N2O6. The quantitative estimate of drug-likeness (QED) is 0.0506. The van der Waals surface area contributed by atoms with Gasteiger partial charge in [0.05, 0.1) is 17.9 Å². The molecule has 0 saturated heterocycles. The van der Waals surface area contributed by atoms with Gasteiger partial charge in [-0.3, -0.25) is 4.79 Å². The van der Waals surface area contributed by atoms with Crippen molar-refractivity contribution in [2.45, 2.75) is 45.1 Å². The molecule has 0 bridgehead atoms. The first-order valence-corrected chi connectivity index (χ1v) is 14.9. The molecule has 1 unspecified atom stereocenters. The zero-order valence-electron chi connectivity index (χ0n) is 24.8. The summed E-state index contributed by atoms with van der Waals surface area (Å²) in [6, 6.07) is 29.3. The van der Waals surface area contributed by atoms with Gasteiger partial charge in [0, 0.05) is 30.6 Å². The molecule has 4 aromatic carbocycles. The van der Waals surface area contributed by atoms with Crippen LogP contribution in [0, 0.1) is 0 Å². The number of para-hydroxylation sites is 3. The molecule has 4 rings (SSSR count). The number of anilines is 2. The molecule has 0 aliphatic rings. The van der Waals surface area contributed by atoms with Gasteiger partial charge < -0.3 is 25.2 Å². The third-order valence-corrected chi connectivity index (χ3v) is 6.98. The molecule has 0 aromatic heterocycles. The molecule has 0 aliphatic carbocycles. The predicted molar refractivity (Wildman–Crippen MR) is 172 cm³/mol. The van der Waals surface area contributed by atoms with Crippen LogP contribution in [0.5, 0.6) is 11.5 Å². The van der Waals surface area contributed by atoms with Crippen molar-refractivity contribution in [1.29, 1.82) is 0 Å². The highest BCUT2D eigenvalue weighted by Crippen LogP contribution is 2.26. The number of esters is 1. The van der Waals surface area contributed by atoms with E-state index in [9.17, 15) is 19.5 Å². The van der Waals surface area contributed by atoms with Crippen LogP contribution < -0.4 is 20.1 Å². The summed E-state index contributed by atoms with van der Waals surface area (Å²) in [5, 5.41) is 16.3. The van der Waals surface area contributed by atoms with Gasteiger partial charge in [0.15, 0.2) is 11.5 Å². The van der Waals surface area contributed by atoms with Crippen LogP contribution in [0.15, 0.2) is 103 Å². The maximum atomic E-state index is 12.6. The van der Waals surface area contributed by atoms with Crippen molar-refractivity contribution >= 4 is 29.1 Å². The summed E-state index contributed by atoms with van der Waals surface area (Å²) >= 11 is 0. The number of hydrogen-bond donors (Lipinski definition) is 3. The lowest BCUT2D eigenvalue weighted by atomic mass is 10.0. The third kappa shape index (κ3) is 9.46. The highest BCUT2D eigenvalue weighted by atomic mass is 16.5. The summed E-state index contributed by atoms with van der Waals surface area (Å²) in [6.45, 7) is 3.21. The first kappa shape index (κ1) is 31.8. The van der Waals surface area contributed by atoms with E-state index in [0.29, 0.717) is 36.6 Å². The van der Waals surface area contributed by atoms with E-state index in [4.69, 9.17) is 9.47 Å². The number of aliphatic carboxylic acids is 1. The molecule has 0 radical (unpaired) electrons. The Bertz CT molecular complexity index is 1520. The molecule has 0 heterocycles. The third-order valence-electron chi connectivity index (χ3n) is 6.98. The number of Topliss-reactive ketones (excluding diaryl/α,β-unsaturated/α-hetero) is 1. The molecule has 4 aromatic rings. The normalized spacial score (nSPS) is 11.3. The van der Waals surface area contributed by atoms with Crippen LogP contribution in [0.1, 0.15) is 58.9 Å². The highest BCUT2D eigenvalue weighted by Gasteiger charge is 2.21. The molecule has 8 heteroatoms. The monoisotopic (exact) mass is 594 g/mol. The van der Waals surface area contributed by atoms with Crippen LogP contribution in [-0.4, -0.2) is 42.0 Å². The van der Waals surface area contributed by atoms with Crippen molar-refractivity contribution in [1.82, 2.24) is 0 Å². The summed E-state index contributed by atoms with van der Waals surface area (Å²) in [5.74, 6) is -0.474. The maximum Gasteiger partial charge on any atom is 0.343 e. The second kappa shape index (κ2) is 16.5. The van der Waals surface area contributed by atoms with E-state index in [-0.39, 0.29) is 18.0 Å². The summed E-state index contributed by atoms with van der Waals surface area (Å²) in [7, 11) is 0. The van der Waals surface area contributed by atoms with Crippen molar-refractivity contribution in [2.75, 3.05) is 23.8 Å². The Morgan fingerprint density at radius 1 is 0.795 bits per heavy atom. The summed E-state index contributed by atoms with van der Waals surface area (Å²) < 4.78 is 11.4. The topological polar surface area (TPSA) is 114 Å².